The van der Waals surface area contributed by atoms with Crippen molar-refractivity contribution in [3.63, 3.8) is 0 Å². The Bertz CT molecular complexity index is 2760. The molecule has 0 aliphatic heterocycles. The Labute approximate surface area is 277 Å². The summed E-state index contributed by atoms with van der Waals surface area (Å²) in [7, 11) is 0. The lowest BCUT2D eigenvalue weighted by Crippen LogP contribution is -1.99. The summed E-state index contributed by atoms with van der Waals surface area (Å²) in [5, 5.41) is 24.3. The van der Waals surface area contributed by atoms with Gasteiger partial charge in [-0.2, -0.15) is 10.5 Å². The van der Waals surface area contributed by atoms with Crippen LogP contribution in [-0.2, 0) is 0 Å². The van der Waals surface area contributed by atoms with E-state index in [9.17, 15) is 10.5 Å². The number of nitrogens with zero attached hydrogens (tertiary/aromatic N) is 4. The lowest BCUT2D eigenvalue weighted by molar-refractivity contribution is 1.18. The molecule has 0 aliphatic rings. The van der Waals surface area contributed by atoms with Crippen molar-refractivity contribution in [3.05, 3.63) is 169 Å². The van der Waals surface area contributed by atoms with Crippen molar-refractivity contribution in [2.75, 3.05) is 0 Å². The quantitative estimate of drug-likeness (QED) is 0.199. The van der Waals surface area contributed by atoms with Crippen LogP contribution in [0, 0.1) is 22.7 Å². The number of benzene rings is 7. The van der Waals surface area contributed by atoms with Gasteiger partial charge in [-0.05, 0) is 71.3 Å². The lowest BCUT2D eigenvalue weighted by atomic mass is 9.92. The number of nitriles is 2. The summed E-state index contributed by atoms with van der Waals surface area (Å²) < 4.78 is 4.54. The minimum atomic E-state index is 0.609. The highest BCUT2D eigenvalue weighted by Gasteiger charge is 2.19. The van der Waals surface area contributed by atoms with Gasteiger partial charge in [0.05, 0.1) is 51.0 Å². The standard InChI is InChI=1S/C44H26N4/c45-27-29-23-24-37(43(25-29)48-39-19-6-3-16-35(39)36-17-4-7-20-40(36)48)34-15-2-1-14-33(34)30-11-9-13-32(26-30)47-41-21-8-5-18-38(41)44-31(28-46)12-10-22-42(44)47/h1-26H. The fourth-order valence-electron chi connectivity index (χ4n) is 7.37. The van der Waals surface area contributed by atoms with Crippen molar-refractivity contribution in [2.45, 2.75) is 0 Å². The first-order chi connectivity index (χ1) is 23.7. The molecule has 0 fully saturated rings. The van der Waals surface area contributed by atoms with Gasteiger partial charge in [0.2, 0.25) is 0 Å². The summed E-state index contributed by atoms with van der Waals surface area (Å²) >= 11 is 0. The zero-order valence-electron chi connectivity index (χ0n) is 25.8. The smallest absolute Gasteiger partial charge is 0.0998 e. The number of aromatic nitrogens is 2. The van der Waals surface area contributed by atoms with Crippen molar-refractivity contribution >= 4 is 43.6 Å². The molecule has 0 N–H and O–H groups in total. The van der Waals surface area contributed by atoms with Gasteiger partial charge in [0, 0.05) is 32.8 Å². The normalized spacial score (nSPS) is 11.3. The highest BCUT2D eigenvalue weighted by molar-refractivity contribution is 6.12. The van der Waals surface area contributed by atoms with Crippen molar-refractivity contribution in [2.24, 2.45) is 0 Å². The maximum Gasteiger partial charge on any atom is 0.0998 e. The number of hydrogen-bond donors (Lipinski definition) is 0. The first-order valence-corrected chi connectivity index (χ1v) is 15.9. The van der Waals surface area contributed by atoms with E-state index in [0.29, 0.717) is 11.1 Å². The molecule has 2 heterocycles. The predicted molar refractivity (Wildman–Crippen MR) is 195 cm³/mol. The van der Waals surface area contributed by atoms with E-state index in [-0.39, 0.29) is 0 Å². The first-order valence-electron chi connectivity index (χ1n) is 15.9. The van der Waals surface area contributed by atoms with Gasteiger partial charge < -0.3 is 9.13 Å². The van der Waals surface area contributed by atoms with E-state index in [1.807, 2.05) is 36.4 Å². The number of rotatable bonds is 4. The molecule has 0 bridgehead atoms. The predicted octanol–water partition coefficient (Wildman–Crippen LogP) is 11.0. The SMILES string of the molecule is N#Cc1ccc(-c2ccccc2-c2cccc(-n3c4ccccc4c4c(C#N)cccc43)c2)c(-n2c3ccccc3c3ccccc32)c1. The van der Waals surface area contributed by atoms with Crippen LogP contribution in [0.5, 0.6) is 0 Å². The van der Waals surface area contributed by atoms with Crippen LogP contribution in [0.3, 0.4) is 0 Å². The molecular weight excluding hydrogens is 585 g/mol. The van der Waals surface area contributed by atoms with Crippen LogP contribution < -0.4 is 0 Å². The van der Waals surface area contributed by atoms with Gasteiger partial charge in [0.25, 0.3) is 0 Å². The van der Waals surface area contributed by atoms with Gasteiger partial charge in [-0.3, -0.25) is 0 Å². The van der Waals surface area contributed by atoms with Gasteiger partial charge >= 0.3 is 0 Å². The molecule has 48 heavy (non-hydrogen) atoms. The molecule has 0 spiro atoms. The molecule has 9 aromatic rings. The van der Waals surface area contributed by atoms with E-state index in [0.717, 1.165) is 66.5 Å². The molecule has 0 radical (unpaired) electrons. The van der Waals surface area contributed by atoms with Crippen molar-refractivity contribution in [1.29, 1.82) is 10.5 Å². The Morgan fingerprint density at radius 1 is 0.417 bits per heavy atom. The Balaban J connectivity index is 1.28. The summed E-state index contributed by atoms with van der Waals surface area (Å²) in [5.41, 5.74) is 11.8. The van der Waals surface area contributed by atoms with Gasteiger partial charge in [-0.25, -0.2) is 0 Å². The van der Waals surface area contributed by atoms with Crippen LogP contribution in [0.15, 0.2) is 158 Å². The topological polar surface area (TPSA) is 57.4 Å². The van der Waals surface area contributed by atoms with Crippen molar-refractivity contribution in [3.8, 4) is 45.8 Å². The Hall–Kier alpha value is -6.88. The minimum Gasteiger partial charge on any atom is -0.309 e. The zero-order chi connectivity index (χ0) is 32.2. The fraction of sp³-hybridized carbons (Fsp3) is 0. The lowest BCUT2D eigenvalue weighted by Gasteiger charge is -2.18. The van der Waals surface area contributed by atoms with Crippen molar-refractivity contribution < 1.29 is 0 Å². The largest absolute Gasteiger partial charge is 0.309 e. The molecule has 0 aliphatic carbocycles. The molecule has 0 unspecified atom stereocenters. The third-order valence-electron chi connectivity index (χ3n) is 9.40. The van der Waals surface area contributed by atoms with Crippen LogP contribution in [0.25, 0.3) is 77.2 Å². The maximum atomic E-state index is 10.0. The second-order valence-corrected chi connectivity index (χ2v) is 12.0. The monoisotopic (exact) mass is 610 g/mol. The summed E-state index contributed by atoms with van der Waals surface area (Å²) in [6.07, 6.45) is 0. The van der Waals surface area contributed by atoms with E-state index in [4.69, 9.17) is 0 Å². The van der Waals surface area contributed by atoms with Gasteiger partial charge in [-0.15, -0.1) is 0 Å². The fourth-order valence-corrected chi connectivity index (χ4v) is 7.37. The molecule has 7 aromatic carbocycles. The molecule has 0 atom stereocenters. The maximum absolute atomic E-state index is 10.0. The first kappa shape index (κ1) is 27.4. The van der Waals surface area contributed by atoms with Crippen molar-refractivity contribution in [1.82, 2.24) is 9.13 Å². The molecular formula is C44H26N4. The Morgan fingerprint density at radius 2 is 1.02 bits per heavy atom. The molecule has 4 heteroatoms. The number of hydrogen-bond acceptors (Lipinski definition) is 2. The molecule has 0 saturated carbocycles. The molecule has 0 amide bonds. The van der Waals surface area contributed by atoms with Crippen LogP contribution in [0.1, 0.15) is 11.1 Å². The average Bonchev–Trinajstić information content (AvgIpc) is 3.68. The molecule has 0 saturated heterocycles. The minimum absolute atomic E-state index is 0.609. The Morgan fingerprint density at radius 3 is 1.73 bits per heavy atom. The van der Waals surface area contributed by atoms with Gasteiger partial charge in [-0.1, -0.05) is 103 Å². The molecule has 2 aromatic heterocycles. The Kier molecular flexibility index (Phi) is 6.22. The van der Waals surface area contributed by atoms with Crippen LogP contribution in [0.4, 0.5) is 0 Å². The van der Waals surface area contributed by atoms with E-state index in [1.54, 1.807) is 0 Å². The van der Waals surface area contributed by atoms with E-state index in [2.05, 4.69) is 143 Å². The zero-order valence-corrected chi connectivity index (χ0v) is 25.8. The average molecular weight is 611 g/mol. The molecule has 4 nitrogen and oxygen atoms in total. The second-order valence-electron chi connectivity index (χ2n) is 12.0. The van der Waals surface area contributed by atoms with Gasteiger partial charge in [0.15, 0.2) is 0 Å². The van der Waals surface area contributed by atoms with E-state index in [1.165, 1.54) is 10.8 Å². The van der Waals surface area contributed by atoms with E-state index >= 15 is 0 Å². The summed E-state index contributed by atoms with van der Waals surface area (Å²) in [6.45, 7) is 0. The second kappa shape index (κ2) is 10.9. The number of para-hydroxylation sites is 3. The molecule has 9 rings (SSSR count). The molecule has 222 valence electrons. The van der Waals surface area contributed by atoms with Gasteiger partial charge in [0.1, 0.15) is 0 Å². The summed E-state index contributed by atoms with van der Waals surface area (Å²) in [4.78, 5) is 0. The van der Waals surface area contributed by atoms with Crippen LogP contribution >= 0.6 is 0 Å². The summed E-state index contributed by atoms with van der Waals surface area (Å²) in [6, 6.07) is 59.0. The highest BCUT2D eigenvalue weighted by Crippen LogP contribution is 2.41. The summed E-state index contributed by atoms with van der Waals surface area (Å²) in [5.74, 6) is 0. The third-order valence-corrected chi connectivity index (χ3v) is 9.40. The van der Waals surface area contributed by atoms with E-state index < -0.39 is 0 Å². The highest BCUT2D eigenvalue weighted by atomic mass is 15.0. The van der Waals surface area contributed by atoms with Crippen LogP contribution in [0.2, 0.25) is 0 Å². The van der Waals surface area contributed by atoms with Crippen LogP contribution in [-0.4, -0.2) is 9.13 Å². The number of fused-ring (bicyclic) bond motifs is 6. The third kappa shape index (κ3) is 4.07.